The monoisotopic (exact) mass is 342 g/mol. The number of phenolic OH excluding ortho intramolecular Hbond substituents is 1. The highest BCUT2D eigenvalue weighted by atomic mass is 16.5. The molecule has 1 fully saturated rings. The second-order valence-electron chi connectivity index (χ2n) is 6.81. The molecule has 25 heavy (non-hydrogen) atoms. The summed E-state index contributed by atoms with van der Waals surface area (Å²) in [5, 5.41) is 13.6. The molecule has 1 aromatic heterocycles. The smallest absolute Gasteiger partial charge is 0.165 e. The van der Waals surface area contributed by atoms with Crippen LogP contribution in [-0.4, -0.2) is 58.4 Å². The van der Waals surface area contributed by atoms with Crippen LogP contribution < -0.4 is 5.32 Å². The van der Waals surface area contributed by atoms with E-state index in [9.17, 15) is 5.11 Å². The maximum atomic E-state index is 10.1. The van der Waals surface area contributed by atoms with Gasteiger partial charge in [0, 0.05) is 38.0 Å². The van der Waals surface area contributed by atoms with Crippen molar-refractivity contribution in [3.63, 3.8) is 0 Å². The molecule has 3 rings (SSSR count). The van der Waals surface area contributed by atoms with Gasteiger partial charge in [0.1, 0.15) is 11.6 Å². The number of nitrogens with one attached hydrogen (secondary N) is 1. The number of anilines is 1. The molecule has 134 valence electrons. The molecule has 0 amide bonds. The SMILES string of the molecule is CO[C@H]1CN(C(C)C)C[C@@H]1Nc1cc(C)nc(-c2ccccc2O)n1. The van der Waals surface area contributed by atoms with Crippen LogP contribution in [0.1, 0.15) is 19.5 Å². The van der Waals surface area contributed by atoms with Crippen molar-refractivity contribution in [1.29, 1.82) is 0 Å². The molecule has 2 atom stereocenters. The van der Waals surface area contributed by atoms with Gasteiger partial charge in [-0.25, -0.2) is 9.97 Å². The summed E-state index contributed by atoms with van der Waals surface area (Å²) in [6.45, 7) is 8.13. The van der Waals surface area contributed by atoms with E-state index in [1.54, 1.807) is 19.2 Å². The van der Waals surface area contributed by atoms with Crippen molar-refractivity contribution in [3.8, 4) is 17.1 Å². The molecule has 2 aromatic rings. The van der Waals surface area contributed by atoms with Gasteiger partial charge >= 0.3 is 0 Å². The summed E-state index contributed by atoms with van der Waals surface area (Å²) in [6.07, 6.45) is 0.117. The molecular weight excluding hydrogens is 316 g/mol. The zero-order valence-corrected chi connectivity index (χ0v) is 15.2. The minimum absolute atomic E-state index is 0.117. The summed E-state index contributed by atoms with van der Waals surface area (Å²) in [7, 11) is 1.75. The lowest BCUT2D eigenvalue weighted by Gasteiger charge is -2.20. The van der Waals surface area contributed by atoms with Crippen LogP contribution in [0.5, 0.6) is 5.75 Å². The fraction of sp³-hybridized carbons (Fsp3) is 0.474. The van der Waals surface area contributed by atoms with E-state index >= 15 is 0 Å². The second kappa shape index (κ2) is 7.37. The van der Waals surface area contributed by atoms with Gasteiger partial charge in [-0.2, -0.15) is 0 Å². The third-order valence-corrected chi connectivity index (χ3v) is 4.66. The first-order valence-corrected chi connectivity index (χ1v) is 8.65. The fourth-order valence-electron chi connectivity index (χ4n) is 3.22. The lowest BCUT2D eigenvalue weighted by Crippen LogP contribution is -2.34. The van der Waals surface area contributed by atoms with E-state index < -0.39 is 0 Å². The first kappa shape index (κ1) is 17.6. The summed E-state index contributed by atoms with van der Waals surface area (Å²) in [5.41, 5.74) is 1.48. The van der Waals surface area contributed by atoms with Gasteiger partial charge < -0.3 is 15.2 Å². The molecule has 2 N–H and O–H groups in total. The quantitative estimate of drug-likeness (QED) is 0.870. The molecule has 0 saturated carbocycles. The van der Waals surface area contributed by atoms with E-state index in [-0.39, 0.29) is 17.9 Å². The van der Waals surface area contributed by atoms with Gasteiger partial charge in [-0.3, -0.25) is 4.90 Å². The number of benzene rings is 1. The number of hydrogen-bond acceptors (Lipinski definition) is 6. The van der Waals surface area contributed by atoms with E-state index in [0.29, 0.717) is 17.4 Å². The van der Waals surface area contributed by atoms with Crippen molar-refractivity contribution in [2.75, 3.05) is 25.5 Å². The van der Waals surface area contributed by atoms with Crippen LogP contribution in [-0.2, 0) is 4.74 Å². The Kier molecular flexibility index (Phi) is 5.20. The van der Waals surface area contributed by atoms with Crippen LogP contribution in [0.2, 0.25) is 0 Å². The summed E-state index contributed by atoms with van der Waals surface area (Å²) in [5.74, 6) is 1.46. The van der Waals surface area contributed by atoms with E-state index in [0.717, 1.165) is 24.6 Å². The lowest BCUT2D eigenvalue weighted by molar-refractivity contribution is 0.0983. The Hall–Kier alpha value is -2.18. The predicted molar refractivity (Wildman–Crippen MR) is 98.8 cm³/mol. The molecule has 0 unspecified atom stereocenters. The molecule has 0 aliphatic carbocycles. The molecule has 0 bridgehead atoms. The number of phenols is 1. The minimum atomic E-state index is 0.117. The van der Waals surface area contributed by atoms with Gasteiger partial charge in [0.15, 0.2) is 5.82 Å². The van der Waals surface area contributed by atoms with Crippen LogP contribution in [0.15, 0.2) is 30.3 Å². The van der Waals surface area contributed by atoms with Gasteiger partial charge in [0.05, 0.1) is 17.7 Å². The number of rotatable bonds is 5. The van der Waals surface area contributed by atoms with E-state index in [1.807, 2.05) is 25.1 Å². The Morgan fingerprint density at radius 2 is 2.00 bits per heavy atom. The van der Waals surface area contributed by atoms with Crippen LogP contribution in [0.25, 0.3) is 11.4 Å². The Morgan fingerprint density at radius 1 is 1.24 bits per heavy atom. The number of nitrogens with zero attached hydrogens (tertiary/aromatic N) is 3. The normalized spacial score (nSPS) is 21.0. The Labute approximate surface area is 148 Å². The number of likely N-dealkylation sites (tertiary alicyclic amines) is 1. The first-order valence-electron chi connectivity index (χ1n) is 8.65. The van der Waals surface area contributed by atoms with Crippen molar-refractivity contribution in [2.45, 2.75) is 39.0 Å². The van der Waals surface area contributed by atoms with Gasteiger partial charge in [-0.15, -0.1) is 0 Å². The van der Waals surface area contributed by atoms with Crippen LogP contribution in [0.4, 0.5) is 5.82 Å². The van der Waals surface area contributed by atoms with Gasteiger partial charge in [-0.1, -0.05) is 12.1 Å². The van der Waals surface area contributed by atoms with Crippen molar-refractivity contribution in [2.24, 2.45) is 0 Å². The maximum Gasteiger partial charge on any atom is 0.165 e. The van der Waals surface area contributed by atoms with Crippen molar-refractivity contribution >= 4 is 5.82 Å². The lowest BCUT2D eigenvalue weighted by atomic mass is 10.2. The van der Waals surface area contributed by atoms with Gasteiger partial charge in [-0.05, 0) is 32.9 Å². The van der Waals surface area contributed by atoms with Crippen LogP contribution >= 0.6 is 0 Å². The fourth-order valence-corrected chi connectivity index (χ4v) is 3.22. The predicted octanol–water partition coefficient (Wildman–Crippen LogP) is 2.68. The molecule has 2 heterocycles. The highest BCUT2D eigenvalue weighted by molar-refractivity contribution is 5.64. The highest BCUT2D eigenvalue weighted by Crippen LogP contribution is 2.27. The molecule has 1 aromatic carbocycles. The molecule has 1 aliphatic heterocycles. The highest BCUT2D eigenvalue weighted by Gasteiger charge is 2.34. The number of aromatic nitrogens is 2. The van der Waals surface area contributed by atoms with E-state index in [4.69, 9.17) is 4.74 Å². The average molecular weight is 342 g/mol. The van der Waals surface area contributed by atoms with E-state index in [1.165, 1.54) is 0 Å². The molecule has 0 radical (unpaired) electrons. The molecule has 6 nitrogen and oxygen atoms in total. The van der Waals surface area contributed by atoms with Crippen LogP contribution in [0, 0.1) is 6.92 Å². The topological polar surface area (TPSA) is 70.5 Å². The molecule has 6 heteroatoms. The first-order chi connectivity index (χ1) is 12.0. The molecular formula is C19H26N4O2. The second-order valence-corrected chi connectivity index (χ2v) is 6.81. The summed E-state index contributed by atoms with van der Waals surface area (Å²) >= 11 is 0. The van der Waals surface area contributed by atoms with Gasteiger partial charge in [0.25, 0.3) is 0 Å². The summed E-state index contributed by atoms with van der Waals surface area (Å²) in [6, 6.07) is 9.69. The number of ether oxygens (including phenoxy) is 1. The van der Waals surface area contributed by atoms with Crippen LogP contribution in [0.3, 0.4) is 0 Å². The number of aryl methyl sites for hydroxylation is 1. The van der Waals surface area contributed by atoms with Crippen molar-refractivity contribution in [1.82, 2.24) is 14.9 Å². The Bertz CT molecular complexity index is 735. The Morgan fingerprint density at radius 3 is 2.68 bits per heavy atom. The largest absolute Gasteiger partial charge is 0.507 e. The molecule has 1 saturated heterocycles. The number of methoxy groups -OCH3 is 1. The Balaban J connectivity index is 1.85. The average Bonchev–Trinajstić information content (AvgIpc) is 2.98. The molecule has 0 spiro atoms. The number of hydrogen-bond donors (Lipinski definition) is 2. The third-order valence-electron chi connectivity index (χ3n) is 4.66. The third kappa shape index (κ3) is 3.91. The van der Waals surface area contributed by atoms with E-state index in [2.05, 4.69) is 34.0 Å². The standard InChI is InChI=1S/C19H26N4O2/c1-12(2)23-10-15(17(11-23)25-4)21-18-9-13(3)20-19(22-18)14-7-5-6-8-16(14)24/h5-9,12,15,17,24H,10-11H2,1-4H3,(H,20,21,22)/t15-,17-/m0/s1. The zero-order valence-electron chi connectivity index (χ0n) is 15.2. The minimum Gasteiger partial charge on any atom is -0.507 e. The summed E-state index contributed by atoms with van der Waals surface area (Å²) in [4.78, 5) is 11.5. The number of aromatic hydroxyl groups is 1. The number of para-hydroxylation sites is 1. The summed E-state index contributed by atoms with van der Waals surface area (Å²) < 4.78 is 5.65. The molecule has 1 aliphatic rings. The zero-order chi connectivity index (χ0) is 18.0. The maximum absolute atomic E-state index is 10.1. The van der Waals surface area contributed by atoms with Gasteiger partial charge in [0.2, 0.25) is 0 Å². The van der Waals surface area contributed by atoms with Crippen molar-refractivity contribution in [3.05, 3.63) is 36.0 Å². The van der Waals surface area contributed by atoms with Crippen molar-refractivity contribution < 1.29 is 9.84 Å².